The van der Waals surface area contributed by atoms with Crippen molar-refractivity contribution < 1.29 is 14.7 Å². The lowest BCUT2D eigenvalue weighted by Crippen LogP contribution is -2.16. The van der Waals surface area contributed by atoms with Crippen LogP contribution in [-0.4, -0.2) is 42.1 Å². The Labute approximate surface area is 212 Å². The lowest BCUT2D eigenvalue weighted by atomic mass is 10.1. The predicted octanol–water partition coefficient (Wildman–Crippen LogP) is 3.04. The lowest BCUT2D eigenvalue weighted by Gasteiger charge is -2.09. The van der Waals surface area contributed by atoms with E-state index in [2.05, 4.69) is 44.2 Å². The van der Waals surface area contributed by atoms with Crippen LogP contribution in [0.25, 0.3) is 11.0 Å². The minimum atomic E-state index is -1.25. The molecule has 1 aliphatic rings. The van der Waals surface area contributed by atoms with Gasteiger partial charge in [-0.25, -0.2) is 9.78 Å². The molecule has 5 rings (SSSR count). The van der Waals surface area contributed by atoms with Gasteiger partial charge in [0.1, 0.15) is 11.7 Å². The predicted molar refractivity (Wildman–Crippen MR) is 138 cm³/mol. The molecule has 11 heteroatoms. The van der Waals surface area contributed by atoms with Crippen molar-refractivity contribution in [3.05, 3.63) is 82.9 Å². The molecule has 0 bridgehead atoms. The molecule has 0 radical (unpaired) electrons. The summed E-state index contributed by atoms with van der Waals surface area (Å²) in [6, 6.07) is 15.2. The second-order valence-corrected chi connectivity index (χ2v) is 8.87. The first-order chi connectivity index (χ1) is 17.8. The van der Waals surface area contributed by atoms with E-state index in [9.17, 15) is 9.90 Å². The van der Waals surface area contributed by atoms with E-state index in [1.54, 1.807) is 13.1 Å². The van der Waals surface area contributed by atoms with Gasteiger partial charge in [0.05, 0.1) is 23.3 Å². The third-order valence-corrected chi connectivity index (χ3v) is 6.43. The van der Waals surface area contributed by atoms with E-state index >= 15 is 0 Å². The van der Waals surface area contributed by atoms with Crippen molar-refractivity contribution in [1.29, 1.82) is 5.41 Å². The molecule has 11 nitrogen and oxygen atoms in total. The highest BCUT2D eigenvalue weighted by molar-refractivity contribution is 5.95. The first kappa shape index (κ1) is 23.8. The fraction of sp³-hybridized carbons (Fsp3) is 0.231. The average Bonchev–Trinajstić information content (AvgIpc) is 3.43. The Morgan fingerprint density at radius 3 is 2.76 bits per heavy atom. The van der Waals surface area contributed by atoms with Gasteiger partial charge < -0.3 is 25.6 Å². The number of carboxylic acid groups (broad SMARTS) is 1. The first-order valence-electron chi connectivity index (χ1n) is 11.6. The van der Waals surface area contributed by atoms with Gasteiger partial charge in [-0.3, -0.25) is 10.1 Å². The SMILES string of the molecule is Cn1nccc1C(ON=C=C1CC1c1ccc2c(c1)nc(CNc1ccc(C(=N)N)cc1)n2C)C(=O)O. The zero-order valence-corrected chi connectivity index (χ0v) is 20.3. The van der Waals surface area contributed by atoms with Crippen molar-refractivity contribution in [2.45, 2.75) is 25.0 Å². The van der Waals surface area contributed by atoms with Crippen LogP contribution in [0.3, 0.4) is 0 Å². The number of hydrogen-bond acceptors (Lipinski definition) is 7. The summed E-state index contributed by atoms with van der Waals surface area (Å²) in [6.45, 7) is 0.542. The molecular formula is C26H26N8O3. The van der Waals surface area contributed by atoms with Crippen LogP contribution in [0.4, 0.5) is 5.69 Å². The van der Waals surface area contributed by atoms with E-state index in [1.807, 2.05) is 31.3 Å². The van der Waals surface area contributed by atoms with E-state index in [1.165, 1.54) is 10.9 Å². The molecule has 0 aliphatic heterocycles. The molecule has 4 aromatic rings. The van der Waals surface area contributed by atoms with E-state index in [0.717, 1.165) is 40.1 Å². The highest BCUT2D eigenvalue weighted by Crippen LogP contribution is 2.45. The van der Waals surface area contributed by atoms with Crippen LogP contribution >= 0.6 is 0 Å². The second kappa shape index (κ2) is 9.63. The van der Waals surface area contributed by atoms with Gasteiger partial charge in [-0.15, -0.1) is 0 Å². The Balaban J connectivity index is 1.27. The van der Waals surface area contributed by atoms with Crippen molar-refractivity contribution in [3.63, 3.8) is 0 Å². The molecule has 1 fully saturated rings. The number of hydrogen-bond donors (Lipinski definition) is 4. The molecule has 2 aromatic heterocycles. The van der Waals surface area contributed by atoms with Gasteiger partial charge in [0, 0.05) is 48.9 Å². The molecule has 0 spiro atoms. The molecule has 2 aromatic carbocycles. The monoisotopic (exact) mass is 498 g/mol. The summed E-state index contributed by atoms with van der Waals surface area (Å²) in [5, 5.41) is 28.1. The number of nitrogens with one attached hydrogen (secondary N) is 2. The van der Waals surface area contributed by atoms with Gasteiger partial charge in [-0.2, -0.15) is 5.10 Å². The smallest absolute Gasteiger partial charge is 0.354 e. The number of rotatable bonds is 9. The lowest BCUT2D eigenvalue weighted by molar-refractivity contribution is -0.151. The van der Waals surface area contributed by atoms with Gasteiger partial charge >= 0.3 is 5.97 Å². The zero-order valence-electron chi connectivity index (χ0n) is 20.3. The number of carbonyl (C=O) groups is 1. The van der Waals surface area contributed by atoms with Gasteiger partial charge in [0.15, 0.2) is 0 Å². The number of carboxylic acids is 1. The summed E-state index contributed by atoms with van der Waals surface area (Å²) in [6.07, 6.45) is 1.04. The number of nitrogens with two attached hydrogens (primary N) is 1. The summed E-state index contributed by atoms with van der Waals surface area (Å²) in [5.41, 5.74) is 11.5. The average molecular weight is 499 g/mol. The number of anilines is 1. The molecule has 2 atom stereocenters. The van der Waals surface area contributed by atoms with Crippen molar-refractivity contribution >= 4 is 34.4 Å². The van der Waals surface area contributed by atoms with Gasteiger partial charge in [0.25, 0.3) is 6.10 Å². The maximum Gasteiger partial charge on any atom is 0.354 e. The Morgan fingerprint density at radius 1 is 1.30 bits per heavy atom. The number of allylic oxidation sites excluding steroid dienone is 1. The van der Waals surface area contributed by atoms with Crippen molar-refractivity contribution in [2.24, 2.45) is 25.0 Å². The number of aromatic nitrogens is 4. The quantitative estimate of drug-likeness (QED) is 0.157. The highest BCUT2D eigenvalue weighted by atomic mass is 16.6. The van der Waals surface area contributed by atoms with Gasteiger partial charge in [0.2, 0.25) is 0 Å². The largest absolute Gasteiger partial charge is 0.478 e. The number of amidine groups is 1. The standard InChI is InChI=1S/C26H26N8O3/c1-33-21-8-5-16(12-20(21)32-23(33)14-29-18-6-3-15(4-7-18)25(27)28)19-11-17(19)13-31-37-24(26(35)36)22-9-10-30-34(22)2/h3-10,12,19,24,29H,11,14H2,1-2H3,(H3,27,28)(H,35,36). The molecule has 1 aliphatic carbocycles. The van der Waals surface area contributed by atoms with Gasteiger partial charge in [-0.1, -0.05) is 6.07 Å². The van der Waals surface area contributed by atoms with Crippen molar-refractivity contribution in [2.75, 3.05) is 5.32 Å². The second-order valence-electron chi connectivity index (χ2n) is 8.87. The van der Waals surface area contributed by atoms with Crippen LogP contribution in [0.15, 0.2) is 65.5 Å². The molecule has 5 N–H and O–H groups in total. The third kappa shape index (κ3) is 4.93. The van der Waals surface area contributed by atoms with E-state index < -0.39 is 12.1 Å². The minimum Gasteiger partial charge on any atom is -0.478 e. The van der Waals surface area contributed by atoms with Crippen LogP contribution in [0.1, 0.15) is 41.1 Å². The van der Waals surface area contributed by atoms with Crippen molar-refractivity contribution in [1.82, 2.24) is 19.3 Å². The molecule has 0 saturated heterocycles. The fourth-order valence-electron chi connectivity index (χ4n) is 4.20. The maximum absolute atomic E-state index is 11.6. The number of benzene rings is 2. The van der Waals surface area contributed by atoms with Gasteiger partial charge in [-0.05, 0) is 59.6 Å². The van der Waals surface area contributed by atoms with Crippen LogP contribution in [0, 0.1) is 5.41 Å². The number of nitrogen functional groups attached to an aromatic ring is 1. The minimum absolute atomic E-state index is 0.0410. The van der Waals surface area contributed by atoms with Crippen LogP contribution in [0.5, 0.6) is 0 Å². The number of fused-ring (bicyclic) bond motifs is 1. The maximum atomic E-state index is 11.6. The summed E-state index contributed by atoms with van der Waals surface area (Å²) >= 11 is 0. The molecule has 2 heterocycles. The molecule has 188 valence electrons. The van der Waals surface area contributed by atoms with Crippen LogP contribution in [-0.2, 0) is 30.3 Å². The Hall–Kier alpha value is -4.89. The van der Waals surface area contributed by atoms with E-state index in [4.69, 9.17) is 21.0 Å². The zero-order chi connectivity index (χ0) is 26.1. The third-order valence-electron chi connectivity index (χ3n) is 6.43. The Morgan fingerprint density at radius 2 is 2.08 bits per heavy atom. The summed E-state index contributed by atoms with van der Waals surface area (Å²) in [4.78, 5) is 21.6. The Kier molecular flexibility index (Phi) is 6.21. The summed E-state index contributed by atoms with van der Waals surface area (Å²) < 4.78 is 3.50. The summed E-state index contributed by atoms with van der Waals surface area (Å²) in [7, 11) is 3.63. The van der Waals surface area contributed by atoms with Crippen LogP contribution in [0.2, 0.25) is 0 Å². The molecule has 37 heavy (non-hydrogen) atoms. The molecular weight excluding hydrogens is 472 g/mol. The molecule has 1 saturated carbocycles. The Bertz CT molecular complexity index is 1560. The first-order valence-corrected chi connectivity index (χ1v) is 11.6. The van der Waals surface area contributed by atoms with Crippen LogP contribution < -0.4 is 11.1 Å². The molecule has 0 amide bonds. The highest BCUT2D eigenvalue weighted by Gasteiger charge is 2.33. The van der Waals surface area contributed by atoms with E-state index in [0.29, 0.717) is 17.8 Å². The molecule has 2 unspecified atom stereocenters. The van der Waals surface area contributed by atoms with E-state index in [-0.39, 0.29) is 11.8 Å². The number of nitrogens with zero attached hydrogens (tertiary/aromatic N) is 5. The number of aliphatic carboxylic acids is 1. The topological polar surface area (TPSA) is 156 Å². The van der Waals surface area contributed by atoms with Crippen molar-refractivity contribution in [3.8, 4) is 0 Å². The number of aryl methyl sites for hydroxylation is 2. The summed E-state index contributed by atoms with van der Waals surface area (Å²) in [5.74, 6) is 2.79. The number of imidazole rings is 1. The normalized spacial score (nSPS) is 15.2. The fourth-order valence-corrected chi connectivity index (χ4v) is 4.20.